The number of carbonyl (C=O) groups excluding carboxylic acids is 1. The van der Waals surface area contributed by atoms with Gasteiger partial charge in [-0.15, -0.1) is 0 Å². The Hall–Kier alpha value is -2.81. The van der Waals surface area contributed by atoms with Crippen LogP contribution >= 0.6 is 0 Å². The smallest absolute Gasteiger partial charge is 0.252 e. The van der Waals surface area contributed by atoms with Gasteiger partial charge in [0.2, 0.25) is 10.0 Å². The molecule has 0 radical (unpaired) electrons. The number of carbonyl (C=O) groups is 1. The number of ether oxygens (including phenoxy) is 1. The number of pyridine rings is 1. The predicted octanol–water partition coefficient (Wildman–Crippen LogP) is 2.91. The number of nitrogens with one attached hydrogen (secondary N) is 1. The van der Waals surface area contributed by atoms with Gasteiger partial charge in [0.05, 0.1) is 35.7 Å². The second-order valence-corrected chi connectivity index (χ2v) is 10.1. The highest BCUT2D eigenvalue weighted by atomic mass is 32.2. The number of aryl methyl sites for hydroxylation is 2. The number of rotatable bonds is 6. The van der Waals surface area contributed by atoms with Crippen LogP contribution in [0.15, 0.2) is 48.5 Å². The van der Waals surface area contributed by atoms with Crippen molar-refractivity contribution >= 4 is 26.8 Å². The molecule has 3 aromatic rings. The fourth-order valence-corrected chi connectivity index (χ4v) is 5.27. The second-order valence-electron chi connectivity index (χ2n) is 7.97. The van der Waals surface area contributed by atoms with E-state index < -0.39 is 10.0 Å². The number of amides is 1. The van der Waals surface area contributed by atoms with Gasteiger partial charge in [-0.2, -0.15) is 4.31 Å². The molecule has 1 aliphatic heterocycles. The monoisotopic (exact) mass is 453 g/mol. The molecule has 1 fully saturated rings. The molecule has 0 unspecified atom stereocenters. The number of para-hydroxylation sites is 1. The molecule has 1 amide bonds. The molecular weight excluding hydrogens is 426 g/mol. The summed E-state index contributed by atoms with van der Waals surface area (Å²) in [6.07, 6.45) is 0. The molecule has 2 aromatic carbocycles. The maximum atomic E-state index is 13.1. The molecule has 168 valence electrons. The minimum atomic E-state index is -3.44. The Morgan fingerprint density at radius 1 is 1.09 bits per heavy atom. The summed E-state index contributed by atoms with van der Waals surface area (Å²) in [4.78, 5) is 17.8. The molecule has 1 saturated heterocycles. The third-order valence-corrected chi connectivity index (χ3v) is 7.50. The number of hydrogen-bond acceptors (Lipinski definition) is 5. The molecule has 8 heteroatoms. The van der Waals surface area contributed by atoms with Gasteiger partial charge in [0.25, 0.3) is 5.91 Å². The second kappa shape index (κ2) is 9.36. The van der Waals surface area contributed by atoms with E-state index in [2.05, 4.69) is 11.4 Å². The summed E-state index contributed by atoms with van der Waals surface area (Å²) in [7, 11) is -3.44. The SMILES string of the molecule is Cc1ccc(-c2cc(C(=O)NCCS(=O)(=O)N3CCOCC3)c3ccccc3n2)c(C)c1. The molecule has 1 aromatic heterocycles. The lowest BCUT2D eigenvalue weighted by Crippen LogP contribution is -2.43. The third-order valence-electron chi connectivity index (χ3n) is 5.63. The van der Waals surface area contributed by atoms with Crippen molar-refractivity contribution in [2.45, 2.75) is 13.8 Å². The largest absolute Gasteiger partial charge is 0.379 e. The average Bonchev–Trinajstić information content (AvgIpc) is 2.78. The first-order chi connectivity index (χ1) is 15.3. The van der Waals surface area contributed by atoms with E-state index in [1.54, 1.807) is 6.07 Å². The summed E-state index contributed by atoms with van der Waals surface area (Å²) in [5, 5.41) is 3.52. The highest BCUT2D eigenvalue weighted by Crippen LogP contribution is 2.27. The zero-order valence-corrected chi connectivity index (χ0v) is 19.1. The molecule has 1 N–H and O–H groups in total. The van der Waals surface area contributed by atoms with Crippen LogP contribution < -0.4 is 5.32 Å². The van der Waals surface area contributed by atoms with Crippen LogP contribution in [0.4, 0.5) is 0 Å². The first-order valence-corrected chi connectivity index (χ1v) is 12.3. The minimum absolute atomic E-state index is 0.0358. The lowest BCUT2D eigenvalue weighted by molar-refractivity contribution is 0.0730. The zero-order chi connectivity index (χ0) is 22.7. The van der Waals surface area contributed by atoms with Gasteiger partial charge in [0, 0.05) is 30.6 Å². The normalized spacial score (nSPS) is 15.1. The van der Waals surface area contributed by atoms with E-state index in [0.717, 1.165) is 27.6 Å². The Morgan fingerprint density at radius 3 is 2.59 bits per heavy atom. The third kappa shape index (κ3) is 4.82. The maximum Gasteiger partial charge on any atom is 0.252 e. The molecular formula is C24H27N3O4S. The Morgan fingerprint density at radius 2 is 1.84 bits per heavy atom. The highest BCUT2D eigenvalue weighted by molar-refractivity contribution is 7.89. The molecule has 4 rings (SSSR count). The van der Waals surface area contributed by atoms with Crippen LogP contribution in [0.2, 0.25) is 0 Å². The lowest BCUT2D eigenvalue weighted by atomic mass is 9.99. The van der Waals surface area contributed by atoms with E-state index in [-0.39, 0.29) is 18.2 Å². The van der Waals surface area contributed by atoms with Crippen molar-refractivity contribution in [1.29, 1.82) is 0 Å². The molecule has 0 spiro atoms. The summed E-state index contributed by atoms with van der Waals surface area (Å²) in [6.45, 7) is 5.60. The van der Waals surface area contributed by atoms with Crippen LogP contribution in [0, 0.1) is 13.8 Å². The Labute approximate surface area is 188 Å². The molecule has 0 saturated carbocycles. The van der Waals surface area contributed by atoms with E-state index in [9.17, 15) is 13.2 Å². The van der Waals surface area contributed by atoms with Crippen molar-refractivity contribution < 1.29 is 17.9 Å². The fraction of sp³-hybridized carbons (Fsp3) is 0.333. The van der Waals surface area contributed by atoms with Crippen molar-refractivity contribution in [2.75, 3.05) is 38.6 Å². The van der Waals surface area contributed by atoms with Gasteiger partial charge in [-0.3, -0.25) is 4.79 Å². The summed E-state index contributed by atoms with van der Waals surface area (Å²) in [5.74, 6) is -0.460. The van der Waals surface area contributed by atoms with Crippen LogP contribution in [0.5, 0.6) is 0 Å². The Kier molecular flexibility index (Phi) is 6.55. The van der Waals surface area contributed by atoms with Crippen LogP contribution in [0.25, 0.3) is 22.2 Å². The van der Waals surface area contributed by atoms with Crippen molar-refractivity contribution in [2.24, 2.45) is 0 Å². The van der Waals surface area contributed by atoms with Gasteiger partial charge in [0.1, 0.15) is 0 Å². The quantitative estimate of drug-likeness (QED) is 0.620. The van der Waals surface area contributed by atoms with Gasteiger partial charge in [-0.05, 0) is 31.5 Å². The van der Waals surface area contributed by atoms with Crippen LogP contribution in [0.1, 0.15) is 21.5 Å². The molecule has 2 heterocycles. The first-order valence-electron chi connectivity index (χ1n) is 10.7. The molecule has 0 bridgehead atoms. The van der Waals surface area contributed by atoms with Crippen molar-refractivity contribution in [3.63, 3.8) is 0 Å². The van der Waals surface area contributed by atoms with Crippen LogP contribution in [-0.2, 0) is 14.8 Å². The molecule has 1 aliphatic rings. The fourth-order valence-electron chi connectivity index (χ4n) is 3.94. The topological polar surface area (TPSA) is 88.6 Å². The summed E-state index contributed by atoms with van der Waals surface area (Å²) in [5.41, 5.74) is 5.12. The Bertz CT molecular complexity index is 1250. The molecule has 7 nitrogen and oxygen atoms in total. The van der Waals surface area contributed by atoms with Gasteiger partial charge < -0.3 is 10.1 Å². The molecule has 0 aliphatic carbocycles. The van der Waals surface area contributed by atoms with Crippen molar-refractivity contribution in [3.05, 3.63) is 65.2 Å². The number of hydrogen-bond donors (Lipinski definition) is 1. The van der Waals surface area contributed by atoms with E-state index in [1.165, 1.54) is 4.31 Å². The van der Waals surface area contributed by atoms with Gasteiger partial charge in [-0.1, -0.05) is 42.0 Å². The van der Waals surface area contributed by atoms with E-state index in [1.807, 2.05) is 50.2 Å². The van der Waals surface area contributed by atoms with E-state index in [4.69, 9.17) is 9.72 Å². The van der Waals surface area contributed by atoms with Crippen LogP contribution in [0.3, 0.4) is 0 Å². The van der Waals surface area contributed by atoms with Gasteiger partial charge in [0.15, 0.2) is 0 Å². The number of aromatic nitrogens is 1. The minimum Gasteiger partial charge on any atom is -0.379 e. The van der Waals surface area contributed by atoms with Gasteiger partial charge in [-0.25, -0.2) is 13.4 Å². The summed E-state index contributed by atoms with van der Waals surface area (Å²) in [6, 6.07) is 15.4. The van der Waals surface area contributed by atoms with E-state index in [0.29, 0.717) is 37.6 Å². The standard InChI is InChI=1S/C24H27N3O4S/c1-17-7-8-19(18(2)15-17)23-16-21(20-5-3-4-6-22(20)26-23)24(28)25-9-14-32(29,30)27-10-12-31-13-11-27/h3-8,15-16H,9-14H2,1-2H3,(H,25,28). The number of morpholine rings is 1. The maximum absolute atomic E-state index is 13.1. The number of sulfonamides is 1. The predicted molar refractivity (Wildman–Crippen MR) is 125 cm³/mol. The number of benzene rings is 2. The summed E-state index contributed by atoms with van der Waals surface area (Å²) >= 11 is 0. The Balaban J connectivity index is 1.58. The van der Waals surface area contributed by atoms with Crippen molar-refractivity contribution in [3.8, 4) is 11.3 Å². The lowest BCUT2D eigenvalue weighted by Gasteiger charge is -2.26. The number of nitrogens with zero attached hydrogens (tertiary/aromatic N) is 2. The highest BCUT2D eigenvalue weighted by Gasteiger charge is 2.24. The van der Waals surface area contributed by atoms with Crippen LogP contribution in [-0.4, -0.2) is 62.2 Å². The first kappa shape index (κ1) is 22.4. The number of fused-ring (bicyclic) bond motifs is 1. The van der Waals surface area contributed by atoms with E-state index >= 15 is 0 Å². The zero-order valence-electron chi connectivity index (χ0n) is 18.3. The van der Waals surface area contributed by atoms with Gasteiger partial charge >= 0.3 is 0 Å². The average molecular weight is 454 g/mol. The molecule has 32 heavy (non-hydrogen) atoms. The summed E-state index contributed by atoms with van der Waals surface area (Å²) < 4.78 is 31.7. The van der Waals surface area contributed by atoms with Crippen molar-refractivity contribution in [1.82, 2.24) is 14.6 Å². The molecule has 0 atom stereocenters.